The van der Waals surface area contributed by atoms with Gasteiger partial charge in [-0.05, 0) is 72.5 Å². The zero-order valence-electron chi connectivity index (χ0n) is 18.5. The number of methoxy groups -OCH3 is 1. The van der Waals surface area contributed by atoms with E-state index in [-0.39, 0.29) is 0 Å². The molecule has 0 atom stereocenters. The van der Waals surface area contributed by atoms with E-state index < -0.39 is 0 Å². The van der Waals surface area contributed by atoms with Gasteiger partial charge in [0.1, 0.15) is 18.1 Å². The van der Waals surface area contributed by atoms with Crippen LogP contribution in [-0.2, 0) is 5.75 Å². The van der Waals surface area contributed by atoms with Gasteiger partial charge in [-0.1, -0.05) is 48.5 Å². The second-order valence-corrected chi connectivity index (χ2v) is 9.29. The number of fused-ring (bicyclic) bond motifs is 1. The predicted octanol–water partition coefficient (Wildman–Crippen LogP) is 6.33. The number of thioether (sulfide) groups is 1. The molecule has 0 saturated carbocycles. The molecule has 164 valence electrons. The van der Waals surface area contributed by atoms with Crippen LogP contribution in [0.15, 0.2) is 72.8 Å². The topological polar surface area (TPSA) is 21.7 Å². The molecule has 32 heavy (non-hydrogen) atoms. The summed E-state index contributed by atoms with van der Waals surface area (Å²) in [4.78, 5) is 3.81. The number of likely N-dealkylation sites (tertiary alicyclic amines) is 1. The fourth-order valence-corrected chi connectivity index (χ4v) is 5.74. The molecule has 2 aliphatic rings. The molecule has 0 unspecified atom stereocenters. The molecule has 0 radical (unpaired) electrons. The summed E-state index contributed by atoms with van der Waals surface area (Å²) in [5, 5.41) is 0. The SMILES string of the molecule is COc1ccc2c(c1)CSC(c1ccccc1)=C2c1ccc(OCCN2CCCC2)cc1. The number of benzene rings is 3. The van der Waals surface area contributed by atoms with Crippen molar-refractivity contribution in [2.75, 3.05) is 33.4 Å². The minimum Gasteiger partial charge on any atom is -0.497 e. The molecule has 0 N–H and O–H groups in total. The van der Waals surface area contributed by atoms with Gasteiger partial charge in [0.05, 0.1) is 7.11 Å². The molecule has 0 bridgehead atoms. The van der Waals surface area contributed by atoms with Gasteiger partial charge < -0.3 is 9.47 Å². The first-order valence-electron chi connectivity index (χ1n) is 11.4. The first kappa shape index (κ1) is 21.2. The highest BCUT2D eigenvalue weighted by Crippen LogP contribution is 2.47. The lowest BCUT2D eigenvalue weighted by Gasteiger charge is -2.24. The van der Waals surface area contributed by atoms with Crippen LogP contribution in [0.2, 0.25) is 0 Å². The van der Waals surface area contributed by atoms with Crippen LogP contribution in [0.5, 0.6) is 11.5 Å². The highest BCUT2D eigenvalue weighted by atomic mass is 32.2. The van der Waals surface area contributed by atoms with Crippen LogP contribution in [-0.4, -0.2) is 38.3 Å². The van der Waals surface area contributed by atoms with Gasteiger partial charge in [0.25, 0.3) is 0 Å². The van der Waals surface area contributed by atoms with Crippen LogP contribution in [0.4, 0.5) is 0 Å². The highest BCUT2D eigenvalue weighted by Gasteiger charge is 2.22. The van der Waals surface area contributed by atoms with Crippen molar-refractivity contribution in [2.24, 2.45) is 0 Å². The van der Waals surface area contributed by atoms with E-state index in [0.29, 0.717) is 0 Å². The van der Waals surface area contributed by atoms with Gasteiger partial charge in [-0.3, -0.25) is 4.90 Å². The average Bonchev–Trinajstić information content (AvgIpc) is 3.37. The van der Waals surface area contributed by atoms with Crippen molar-refractivity contribution < 1.29 is 9.47 Å². The Kier molecular flexibility index (Phi) is 6.51. The molecule has 3 nitrogen and oxygen atoms in total. The quantitative estimate of drug-likeness (QED) is 0.425. The largest absolute Gasteiger partial charge is 0.497 e. The van der Waals surface area contributed by atoms with Crippen molar-refractivity contribution in [3.8, 4) is 11.5 Å². The van der Waals surface area contributed by atoms with Crippen LogP contribution in [0.3, 0.4) is 0 Å². The molecule has 0 aliphatic carbocycles. The highest BCUT2D eigenvalue weighted by molar-refractivity contribution is 8.08. The van der Waals surface area contributed by atoms with Crippen molar-refractivity contribution in [3.63, 3.8) is 0 Å². The molecular weight excluding hydrogens is 414 g/mol. The summed E-state index contributed by atoms with van der Waals surface area (Å²) in [5.74, 6) is 2.79. The molecule has 4 heteroatoms. The Morgan fingerprint density at radius 3 is 2.34 bits per heavy atom. The normalized spacial score (nSPS) is 16.2. The van der Waals surface area contributed by atoms with Crippen molar-refractivity contribution in [2.45, 2.75) is 18.6 Å². The lowest BCUT2D eigenvalue weighted by atomic mass is 9.91. The molecule has 0 amide bonds. The molecule has 1 saturated heterocycles. The molecule has 5 rings (SSSR count). The Balaban J connectivity index is 1.44. The van der Waals surface area contributed by atoms with Crippen LogP contribution in [0.25, 0.3) is 10.5 Å². The molecule has 2 aliphatic heterocycles. The van der Waals surface area contributed by atoms with E-state index in [1.165, 1.54) is 58.7 Å². The van der Waals surface area contributed by atoms with Gasteiger partial charge in [-0.25, -0.2) is 0 Å². The monoisotopic (exact) mass is 443 g/mol. The third-order valence-electron chi connectivity index (χ3n) is 6.23. The van der Waals surface area contributed by atoms with E-state index >= 15 is 0 Å². The maximum atomic E-state index is 6.04. The Bertz CT molecular complexity index is 1090. The van der Waals surface area contributed by atoms with E-state index in [1.807, 2.05) is 11.8 Å². The van der Waals surface area contributed by atoms with Crippen LogP contribution in [0.1, 0.15) is 35.1 Å². The molecule has 3 aromatic rings. The fraction of sp³-hybridized carbons (Fsp3) is 0.286. The first-order chi connectivity index (χ1) is 15.8. The van der Waals surface area contributed by atoms with Gasteiger partial charge in [0, 0.05) is 22.8 Å². The third-order valence-corrected chi connectivity index (χ3v) is 7.42. The van der Waals surface area contributed by atoms with Crippen LogP contribution >= 0.6 is 11.8 Å². The summed E-state index contributed by atoms with van der Waals surface area (Å²) < 4.78 is 11.5. The number of hydrogen-bond donors (Lipinski definition) is 0. The van der Waals surface area contributed by atoms with Crippen LogP contribution < -0.4 is 9.47 Å². The van der Waals surface area contributed by atoms with E-state index in [4.69, 9.17) is 9.47 Å². The summed E-state index contributed by atoms with van der Waals surface area (Å²) in [6.45, 7) is 4.17. The van der Waals surface area contributed by atoms with E-state index in [9.17, 15) is 0 Å². The third kappa shape index (κ3) is 4.57. The lowest BCUT2D eigenvalue weighted by molar-refractivity contribution is 0.238. The standard InChI is InChI=1S/C28H29NO2S/c1-30-25-13-14-26-23(19-25)20-32-28(22-7-3-2-4-8-22)27(26)21-9-11-24(12-10-21)31-18-17-29-15-5-6-16-29/h2-4,7-14,19H,5-6,15-18,20H2,1H3. The van der Waals surface area contributed by atoms with Crippen molar-refractivity contribution in [1.82, 2.24) is 4.90 Å². The maximum Gasteiger partial charge on any atom is 0.119 e. The van der Waals surface area contributed by atoms with Crippen molar-refractivity contribution in [3.05, 3.63) is 95.1 Å². The van der Waals surface area contributed by atoms with Gasteiger partial charge in [-0.15, -0.1) is 11.8 Å². The van der Waals surface area contributed by atoms with Gasteiger partial charge in [-0.2, -0.15) is 0 Å². The zero-order chi connectivity index (χ0) is 21.8. The Hall–Kier alpha value is -2.69. The molecule has 3 aromatic carbocycles. The maximum absolute atomic E-state index is 6.04. The summed E-state index contributed by atoms with van der Waals surface area (Å²) in [6.07, 6.45) is 2.64. The molecular formula is C28H29NO2S. The van der Waals surface area contributed by atoms with E-state index in [2.05, 4.69) is 77.7 Å². The first-order valence-corrected chi connectivity index (χ1v) is 12.4. The Morgan fingerprint density at radius 1 is 0.844 bits per heavy atom. The van der Waals surface area contributed by atoms with E-state index in [1.54, 1.807) is 7.11 Å². The zero-order valence-corrected chi connectivity index (χ0v) is 19.4. The predicted molar refractivity (Wildman–Crippen MR) is 134 cm³/mol. The van der Waals surface area contributed by atoms with Gasteiger partial charge in [0.2, 0.25) is 0 Å². The lowest BCUT2D eigenvalue weighted by Crippen LogP contribution is -2.25. The summed E-state index contributed by atoms with van der Waals surface area (Å²) in [6, 6.07) is 25.7. The van der Waals surface area contributed by atoms with Gasteiger partial charge in [0.15, 0.2) is 0 Å². The Labute approximate surface area is 195 Å². The molecule has 2 heterocycles. The second-order valence-electron chi connectivity index (χ2n) is 8.30. The molecule has 0 spiro atoms. The molecule has 0 aromatic heterocycles. The minimum atomic E-state index is 0.746. The van der Waals surface area contributed by atoms with Crippen LogP contribution in [0, 0.1) is 0 Å². The average molecular weight is 444 g/mol. The van der Waals surface area contributed by atoms with Crippen molar-refractivity contribution >= 4 is 22.2 Å². The summed E-state index contributed by atoms with van der Waals surface area (Å²) in [5.41, 5.74) is 6.36. The number of nitrogens with zero attached hydrogens (tertiary/aromatic N) is 1. The number of ether oxygens (including phenoxy) is 2. The smallest absolute Gasteiger partial charge is 0.119 e. The minimum absolute atomic E-state index is 0.746. The number of rotatable bonds is 7. The molecule has 1 fully saturated rings. The number of hydrogen-bond acceptors (Lipinski definition) is 4. The van der Waals surface area contributed by atoms with E-state index in [0.717, 1.165) is 30.4 Å². The Morgan fingerprint density at radius 2 is 1.59 bits per heavy atom. The fourth-order valence-electron chi connectivity index (χ4n) is 4.53. The summed E-state index contributed by atoms with van der Waals surface area (Å²) >= 11 is 1.90. The van der Waals surface area contributed by atoms with Crippen molar-refractivity contribution in [1.29, 1.82) is 0 Å². The van der Waals surface area contributed by atoms with Gasteiger partial charge >= 0.3 is 0 Å². The second kappa shape index (κ2) is 9.85. The summed E-state index contributed by atoms with van der Waals surface area (Å²) in [7, 11) is 1.73.